The summed E-state index contributed by atoms with van der Waals surface area (Å²) in [7, 11) is 0. The molecule has 44 heavy (non-hydrogen) atoms. The van der Waals surface area contributed by atoms with E-state index in [-0.39, 0.29) is 11.5 Å². The molecule has 8 nitrogen and oxygen atoms in total. The minimum Gasteiger partial charge on any atom is -0.473 e. The summed E-state index contributed by atoms with van der Waals surface area (Å²) in [5.41, 5.74) is 4.56. The maximum Gasteiger partial charge on any atom is 0.410 e. The lowest BCUT2D eigenvalue weighted by molar-refractivity contribution is -0.0434. The predicted molar refractivity (Wildman–Crippen MR) is 171 cm³/mol. The van der Waals surface area contributed by atoms with E-state index >= 15 is 0 Å². The van der Waals surface area contributed by atoms with Crippen molar-refractivity contribution >= 4 is 11.8 Å². The van der Waals surface area contributed by atoms with Crippen molar-refractivity contribution < 1.29 is 19.0 Å². The molecule has 0 unspecified atom stereocenters. The van der Waals surface area contributed by atoms with Gasteiger partial charge in [-0.15, -0.1) is 0 Å². The van der Waals surface area contributed by atoms with Gasteiger partial charge in [-0.2, -0.15) is 4.98 Å². The number of aromatic nitrogens is 2. The van der Waals surface area contributed by atoms with E-state index in [4.69, 9.17) is 24.2 Å². The second kappa shape index (κ2) is 12.6. The van der Waals surface area contributed by atoms with Crippen LogP contribution in [0.4, 0.5) is 10.5 Å². The van der Waals surface area contributed by atoms with E-state index in [1.807, 2.05) is 111 Å². The van der Waals surface area contributed by atoms with Crippen LogP contribution in [0.25, 0.3) is 11.3 Å². The van der Waals surface area contributed by atoms with E-state index in [2.05, 4.69) is 11.0 Å². The third-order valence-electron chi connectivity index (χ3n) is 8.20. The molecule has 4 heterocycles. The van der Waals surface area contributed by atoms with Crippen LogP contribution in [0.3, 0.4) is 0 Å². The maximum absolute atomic E-state index is 12.4. The Labute approximate surface area is 259 Å². The van der Waals surface area contributed by atoms with Gasteiger partial charge in [0, 0.05) is 37.7 Å². The van der Waals surface area contributed by atoms with Gasteiger partial charge in [0.1, 0.15) is 18.8 Å². The summed E-state index contributed by atoms with van der Waals surface area (Å²) in [6.07, 6.45) is 3.81. The lowest BCUT2D eigenvalue weighted by Crippen LogP contribution is -2.62. The lowest BCUT2D eigenvalue weighted by atomic mass is 9.72. The van der Waals surface area contributed by atoms with Gasteiger partial charge in [0.15, 0.2) is 0 Å². The SMILES string of the molecule is CC(C)(C)OC(=O)N1CC2(CCN(c3ccc(-c4ccc(OCc5ccccc5)nc4OCc4ccccc4)nc3)CC2)C1. The summed E-state index contributed by atoms with van der Waals surface area (Å²) >= 11 is 0. The van der Waals surface area contributed by atoms with Crippen molar-refractivity contribution in [3.8, 4) is 23.0 Å². The first-order valence-corrected chi connectivity index (χ1v) is 15.3. The Morgan fingerprint density at radius 3 is 2.05 bits per heavy atom. The molecule has 0 saturated carbocycles. The van der Waals surface area contributed by atoms with Gasteiger partial charge in [0.25, 0.3) is 0 Å². The molecule has 0 atom stereocenters. The summed E-state index contributed by atoms with van der Waals surface area (Å²) < 4.78 is 17.8. The van der Waals surface area contributed by atoms with Crippen molar-refractivity contribution in [1.29, 1.82) is 0 Å². The van der Waals surface area contributed by atoms with Crippen molar-refractivity contribution in [3.05, 3.63) is 102 Å². The molecule has 2 aromatic heterocycles. The first-order chi connectivity index (χ1) is 21.3. The van der Waals surface area contributed by atoms with Crippen molar-refractivity contribution in [2.45, 2.75) is 52.4 Å². The minimum atomic E-state index is -0.467. The molecule has 2 aromatic carbocycles. The number of benzene rings is 2. The number of carbonyl (C=O) groups is 1. The number of hydrogen-bond acceptors (Lipinski definition) is 7. The molecule has 1 spiro atoms. The van der Waals surface area contributed by atoms with Crippen LogP contribution in [-0.4, -0.2) is 52.7 Å². The first-order valence-electron chi connectivity index (χ1n) is 15.3. The lowest BCUT2D eigenvalue weighted by Gasteiger charge is -2.53. The highest BCUT2D eigenvalue weighted by molar-refractivity contribution is 5.70. The quantitative estimate of drug-likeness (QED) is 0.215. The van der Waals surface area contributed by atoms with Crippen LogP contribution in [-0.2, 0) is 18.0 Å². The van der Waals surface area contributed by atoms with Crippen LogP contribution in [0, 0.1) is 5.41 Å². The number of anilines is 1. The Morgan fingerprint density at radius 2 is 1.45 bits per heavy atom. The Hall–Kier alpha value is -4.59. The topological polar surface area (TPSA) is 77.0 Å². The molecule has 0 N–H and O–H groups in total. The van der Waals surface area contributed by atoms with Gasteiger partial charge in [-0.25, -0.2) is 4.79 Å². The smallest absolute Gasteiger partial charge is 0.410 e. The Morgan fingerprint density at radius 1 is 0.818 bits per heavy atom. The second-order valence-corrected chi connectivity index (χ2v) is 12.8. The monoisotopic (exact) mass is 592 g/mol. The number of pyridine rings is 2. The number of carbonyl (C=O) groups excluding carboxylic acids is 1. The van der Waals surface area contributed by atoms with E-state index in [1.54, 1.807) is 0 Å². The summed E-state index contributed by atoms with van der Waals surface area (Å²) in [4.78, 5) is 26.2. The number of hydrogen-bond donors (Lipinski definition) is 0. The van der Waals surface area contributed by atoms with Gasteiger partial charge >= 0.3 is 6.09 Å². The highest BCUT2D eigenvalue weighted by Crippen LogP contribution is 2.42. The zero-order chi connectivity index (χ0) is 30.6. The maximum atomic E-state index is 12.4. The third-order valence-corrected chi connectivity index (χ3v) is 8.20. The zero-order valence-electron chi connectivity index (χ0n) is 25.7. The molecule has 0 bridgehead atoms. The number of piperidine rings is 1. The molecule has 2 fully saturated rings. The van der Waals surface area contributed by atoms with Crippen molar-refractivity contribution in [3.63, 3.8) is 0 Å². The molecule has 8 heteroatoms. The molecule has 0 aliphatic carbocycles. The minimum absolute atomic E-state index is 0.196. The average Bonchev–Trinajstić information content (AvgIpc) is 3.02. The molecular weight excluding hydrogens is 552 g/mol. The molecule has 2 aliphatic rings. The molecule has 228 valence electrons. The molecular formula is C36H40N4O4. The fraction of sp³-hybridized carbons (Fsp3) is 0.361. The summed E-state index contributed by atoms with van der Waals surface area (Å²) in [6, 6.07) is 28.1. The molecule has 0 radical (unpaired) electrons. The fourth-order valence-corrected chi connectivity index (χ4v) is 5.77. The van der Waals surface area contributed by atoms with Crippen LogP contribution >= 0.6 is 0 Å². The molecule has 6 rings (SSSR count). The van der Waals surface area contributed by atoms with E-state index in [0.29, 0.717) is 25.0 Å². The Bertz CT molecular complexity index is 1540. The number of likely N-dealkylation sites (tertiary alicyclic amines) is 1. The van der Waals surface area contributed by atoms with Crippen molar-refractivity contribution in [1.82, 2.24) is 14.9 Å². The van der Waals surface area contributed by atoms with E-state index < -0.39 is 5.60 Å². The van der Waals surface area contributed by atoms with E-state index in [0.717, 1.165) is 67.1 Å². The zero-order valence-corrected chi connectivity index (χ0v) is 25.7. The van der Waals surface area contributed by atoms with Crippen LogP contribution in [0.5, 0.6) is 11.8 Å². The van der Waals surface area contributed by atoms with E-state index in [1.165, 1.54) is 0 Å². The Kier molecular flexibility index (Phi) is 8.42. The summed E-state index contributed by atoms with van der Waals surface area (Å²) in [5, 5.41) is 0. The number of ether oxygens (including phenoxy) is 3. The highest BCUT2D eigenvalue weighted by atomic mass is 16.6. The van der Waals surface area contributed by atoms with Gasteiger partial charge in [-0.05, 0) is 62.9 Å². The van der Waals surface area contributed by atoms with Crippen LogP contribution in [0.2, 0.25) is 0 Å². The highest BCUT2D eigenvalue weighted by Gasteiger charge is 2.47. The predicted octanol–water partition coefficient (Wildman–Crippen LogP) is 7.14. The van der Waals surface area contributed by atoms with E-state index in [9.17, 15) is 4.79 Å². The number of rotatable bonds is 8. The first kappa shape index (κ1) is 29.5. The largest absolute Gasteiger partial charge is 0.473 e. The number of amides is 1. The van der Waals surface area contributed by atoms with Gasteiger partial charge in [-0.1, -0.05) is 60.7 Å². The van der Waals surface area contributed by atoms with Gasteiger partial charge < -0.3 is 24.0 Å². The van der Waals surface area contributed by atoms with Crippen LogP contribution in [0.15, 0.2) is 91.1 Å². The van der Waals surface area contributed by atoms with Crippen LogP contribution < -0.4 is 14.4 Å². The fourth-order valence-electron chi connectivity index (χ4n) is 5.77. The second-order valence-electron chi connectivity index (χ2n) is 12.8. The third kappa shape index (κ3) is 7.13. The van der Waals surface area contributed by atoms with Gasteiger partial charge in [0.05, 0.1) is 23.1 Å². The number of nitrogens with zero attached hydrogens (tertiary/aromatic N) is 4. The van der Waals surface area contributed by atoms with Crippen molar-refractivity contribution in [2.75, 3.05) is 31.1 Å². The van der Waals surface area contributed by atoms with Gasteiger partial charge in [-0.3, -0.25) is 4.98 Å². The molecule has 2 saturated heterocycles. The summed E-state index contributed by atoms with van der Waals surface area (Å²) in [6.45, 7) is 9.95. The molecule has 4 aromatic rings. The van der Waals surface area contributed by atoms with Gasteiger partial charge in [0.2, 0.25) is 11.8 Å². The normalized spacial score (nSPS) is 15.9. The van der Waals surface area contributed by atoms with Crippen LogP contribution in [0.1, 0.15) is 44.7 Å². The average molecular weight is 593 g/mol. The standard InChI is InChI=1S/C36H40N4O4/c1-35(2,3)44-34(41)40-25-36(26-40)18-20-39(21-19-36)29-14-16-31(37-22-29)30-15-17-32(42-23-27-10-6-4-7-11-27)38-33(30)43-24-28-12-8-5-9-13-28/h4-17,22H,18-21,23-26H2,1-3H3. The molecule has 2 aliphatic heterocycles. The molecule has 1 amide bonds. The Balaban J connectivity index is 1.11. The summed E-state index contributed by atoms with van der Waals surface area (Å²) in [5.74, 6) is 0.986. The van der Waals surface area contributed by atoms with Crippen molar-refractivity contribution in [2.24, 2.45) is 5.41 Å².